The monoisotopic (exact) mass is 178 g/mol. The molecule has 0 amide bonds. The van der Waals surface area contributed by atoms with Crippen LogP contribution in [0.5, 0.6) is 5.75 Å². The van der Waals surface area contributed by atoms with Gasteiger partial charge in [-0.3, -0.25) is 0 Å². The lowest BCUT2D eigenvalue weighted by Gasteiger charge is -1.97. The maximum Gasteiger partial charge on any atom is 0.118 e. The van der Waals surface area contributed by atoms with Gasteiger partial charge >= 0.3 is 0 Å². The Kier molecular flexibility index (Phi) is 6.70. The van der Waals surface area contributed by atoms with Crippen LogP contribution in [0.1, 0.15) is 19.4 Å². The van der Waals surface area contributed by atoms with Crippen molar-refractivity contribution >= 4 is 0 Å². The summed E-state index contributed by atoms with van der Waals surface area (Å²) in [5.74, 6) is 0.917. The molecule has 0 aromatic heterocycles. The minimum atomic E-state index is 0.917. The molecule has 0 heterocycles. The number of ether oxygens (including phenoxy) is 1. The summed E-state index contributed by atoms with van der Waals surface area (Å²) >= 11 is 0. The van der Waals surface area contributed by atoms with E-state index in [1.54, 1.807) is 7.11 Å². The summed E-state index contributed by atoms with van der Waals surface area (Å²) < 4.78 is 4.97. The molecular weight excluding hydrogens is 160 g/mol. The van der Waals surface area contributed by atoms with Crippen LogP contribution in [0.15, 0.2) is 36.4 Å². The normalized spacial score (nSPS) is 9.23. The number of hydrogen-bond donors (Lipinski definition) is 0. The largest absolute Gasteiger partial charge is 0.497 e. The Hall–Kier alpha value is -1.24. The average Bonchev–Trinajstić information content (AvgIpc) is 2.19. The smallest absolute Gasteiger partial charge is 0.118 e. The molecule has 1 aromatic rings. The van der Waals surface area contributed by atoms with E-state index in [0.29, 0.717) is 0 Å². The Morgan fingerprint density at radius 1 is 1.00 bits per heavy atom. The van der Waals surface area contributed by atoms with Crippen LogP contribution < -0.4 is 4.74 Å². The van der Waals surface area contributed by atoms with Gasteiger partial charge < -0.3 is 4.74 Å². The van der Waals surface area contributed by atoms with Crippen molar-refractivity contribution in [1.82, 2.24) is 0 Å². The molecule has 0 saturated carbocycles. The van der Waals surface area contributed by atoms with Crippen LogP contribution in [-0.2, 0) is 0 Å². The highest BCUT2D eigenvalue weighted by Gasteiger charge is 1.85. The zero-order valence-electron chi connectivity index (χ0n) is 8.87. The van der Waals surface area contributed by atoms with Crippen LogP contribution in [0.2, 0.25) is 0 Å². The van der Waals surface area contributed by atoms with E-state index in [4.69, 9.17) is 4.74 Å². The van der Waals surface area contributed by atoms with E-state index < -0.39 is 0 Å². The van der Waals surface area contributed by atoms with Gasteiger partial charge in [0.05, 0.1) is 7.11 Å². The molecule has 0 spiro atoms. The zero-order chi connectivity index (χ0) is 10.1. The summed E-state index contributed by atoms with van der Waals surface area (Å²) in [5.41, 5.74) is 1.26. The lowest BCUT2D eigenvalue weighted by Crippen LogP contribution is -1.80. The quantitative estimate of drug-likeness (QED) is 0.597. The molecule has 0 saturated heterocycles. The summed E-state index contributed by atoms with van der Waals surface area (Å²) in [5, 5.41) is 0. The molecule has 0 fully saturated rings. The highest BCUT2D eigenvalue weighted by molar-refractivity contribution is 5.25. The molecule has 0 radical (unpaired) electrons. The fraction of sp³-hybridized carbons (Fsp3) is 0.333. The van der Waals surface area contributed by atoms with Gasteiger partial charge in [-0.25, -0.2) is 0 Å². The third-order valence-corrected chi connectivity index (χ3v) is 1.59. The maximum absolute atomic E-state index is 4.97. The van der Waals surface area contributed by atoms with Gasteiger partial charge in [0.15, 0.2) is 0 Å². The first-order valence-electron chi connectivity index (χ1n) is 4.42. The molecule has 1 aromatic carbocycles. The van der Waals surface area contributed by atoms with E-state index in [9.17, 15) is 0 Å². The first-order chi connectivity index (χ1) is 6.24. The van der Waals surface area contributed by atoms with E-state index in [2.05, 4.69) is 6.92 Å². The SMILES string of the molecule is C/C=C\C.COc1ccc(C)cc1. The summed E-state index contributed by atoms with van der Waals surface area (Å²) in [6.07, 6.45) is 4.00. The van der Waals surface area contributed by atoms with Crippen molar-refractivity contribution in [2.75, 3.05) is 7.11 Å². The summed E-state index contributed by atoms with van der Waals surface area (Å²) in [4.78, 5) is 0. The first kappa shape index (κ1) is 11.8. The molecular formula is C12H18O. The van der Waals surface area contributed by atoms with Gasteiger partial charge in [-0.05, 0) is 32.9 Å². The zero-order valence-corrected chi connectivity index (χ0v) is 8.87. The number of benzene rings is 1. The van der Waals surface area contributed by atoms with Gasteiger partial charge in [0, 0.05) is 0 Å². The van der Waals surface area contributed by atoms with Crippen LogP contribution in [-0.4, -0.2) is 7.11 Å². The molecule has 0 aliphatic carbocycles. The lowest BCUT2D eigenvalue weighted by molar-refractivity contribution is 0.414. The summed E-state index contributed by atoms with van der Waals surface area (Å²) in [6.45, 7) is 6.06. The second-order valence-electron chi connectivity index (χ2n) is 2.68. The minimum Gasteiger partial charge on any atom is -0.497 e. The number of hydrogen-bond acceptors (Lipinski definition) is 1. The molecule has 72 valence electrons. The predicted octanol–water partition coefficient (Wildman–Crippen LogP) is 3.59. The Morgan fingerprint density at radius 3 is 1.77 bits per heavy atom. The topological polar surface area (TPSA) is 9.23 Å². The van der Waals surface area contributed by atoms with E-state index in [1.807, 2.05) is 50.3 Å². The standard InChI is InChI=1S/C8H10O.C4H8/c1-7-3-5-8(9-2)6-4-7;1-3-4-2/h3-6H,1-2H3;3-4H,1-2H3/b;4-3-. The van der Waals surface area contributed by atoms with Crippen LogP contribution in [0.25, 0.3) is 0 Å². The molecule has 0 aliphatic heterocycles. The van der Waals surface area contributed by atoms with E-state index in [-0.39, 0.29) is 0 Å². The third kappa shape index (κ3) is 5.97. The Labute approximate surface area is 81.1 Å². The second kappa shape index (κ2) is 7.41. The molecule has 0 unspecified atom stereocenters. The number of allylic oxidation sites excluding steroid dienone is 2. The number of methoxy groups -OCH3 is 1. The van der Waals surface area contributed by atoms with Gasteiger partial charge in [-0.2, -0.15) is 0 Å². The molecule has 0 N–H and O–H groups in total. The van der Waals surface area contributed by atoms with Gasteiger partial charge in [0.25, 0.3) is 0 Å². The Morgan fingerprint density at radius 2 is 1.46 bits per heavy atom. The lowest BCUT2D eigenvalue weighted by atomic mass is 10.2. The molecule has 13 heavy (non-hydrogen) atoms. The average molecular weight is 178 g/mol. The molecule has 0 atom stereocenters. The van der Waals surface area contributed by atoms with Crippen molar-refractivity contribution in [1.29, 1.82) is 0 Å². The van der Waals surface area contributed by atoms with Crippen LogP contribution in [0, 0.1) is 6.92 Å². The summed E-state index contributed by atoms with van der Waals surface area (Å²) in [6, 6.07) is 7.96. The Balaban J connectivity index is 0.000000310. The van der Waals surface area contributed by atoms with Crippen LogP contribution >= 0.6 is 0 Å². The van der Waals surface area contributed by atoms with Crippen molar-refractivity contribution < 1.29 is 4.74 Å². The van der Waals surface area contributed by atoms with Crippen molar-refractivity contribution in [3.63, 3.8) is 0 Å². The van der Waals surface area contributed by atoms with Crippen molar-refractivity contribution in [3.05, 3.63) is 42.0 Å². The van der Waals surface area contributed by atoms with Gasteiger partial charge in [0.2, 0.25) is 0 Å². The fourth-order valence-corrected chi connectivity index (χ4v) is 0.674. The first-order valence-corrected chi connectivity index (χ1v) is 4.42. The molecule has 0 aliphatic rings. The fourth-order valence-electron chi connectivity index (χ4n) is 0.674. The van der Waals surface area contributed by atoms with Crippen molar-refractivity contribution in [3.8, 4) is 5.75 Å². The van der Waals surface area contributed by atoms with Crippen molar-refractivity contribution in [2.24, 2.45) is 0 Å². The van der Waals surface area contributed by atoms with E-state index >= 15 is 0 Å². The van der Waals surface area contributed by atoms with Gasteiger partial charge in [0.1, 0.15) is 5.75 Å². The van der Waals surface area contributed by atoms with E-state index in [0.717, 1.165) is 5.75 Å². The second-order valence-corrected chi connectivity index (χ2v) is 2.68. The van der Waals surface area contributed by atoms with Gasteiger partial charge in [-0.1, -0.05) is 29.8 Å². The molecule has 1 rings (SSSR count). The minimum absolute atomic E-state index is 0.917. The summed E-state index contributed by atoms with van der Waals surface area (Å²) in [7, 11) is 1.67. The maximum atomic E-state index is 4.97. The highest BCUT2D eigenvalue weighted by Crippen LogP contribution is 2.09. The van der Waals surface area contributed by atoms with Crippen molar-refractivity contribution in [2.45, 2.75) is 20.8 Å². The molecule has 1 heteroatoms. The van der Waals surface area contributed by atoms with Crippen LogP contribution in [0.3, 0.4) is 0 Å². The highest BCUT2D eigenvalue weighted by atomic mass is 16.5. The third-order valence-electron chi connectivity index (χ3n) is 1.59. The number of aryl methyl sites for hydroxylation is 1. The van der Waals surface area contributed by atoms with Crippen LogP contribution in [0.4, 0.5) is 0 Å². The Bertz CT molecular complexity index is 230. The molecule has 1 nitrogen and oxygen atoms in total. The predicted molar refractivity (Wildman–Crippen MR) is 58.2 cm³/mol. The molecule has 0 bridgehead atoms. The van der Waals surface area contributed by atoms with Gasteiger partial charge in [-0.15, -0.1) is 0 Å². The number of rotatable bonds is 1. The van der Waals surface area contributed by atoms with E-state index in [1.165, 1.54) is 5.56 Å².